The number of halogens is 3. The van der Waals surface area contributed by atoms with Gasteiger partial charge in [-0.25, -0.2) is 0 Å². The van der Waals surface area contributed by atoms with Gasteiger partial charge in [-0.05, 0) is 41.8 Å². The summed E-state index contributed by atoms with van der Waals surface area (Å²) < 4.78 is 6.26. The zero-order valence-corrected chi connectivity index (χ0v) is 14.3. The van der Waals surface area contributed by atoms with Crippen LogP contribution in [0.4, 0.5) is 0 Å². The van der Waals surface area contributed by atoms with Crippen LogP contribution in [0.3, 0.4) is 0 Å². The largest absolute Gasteiger partial charge is 0.495 e. The quantitative estimate of drug-likeness (QED) is 0.586. The molecule has 0 spiro atoms. The number of hydrogen-bond donors (Lipinski definition) is 0. The summed E-state index contributed by atoms with van der Waals surface area (Å²) in [6.07, 6.45) is 0.905. The molecule has 0 bridgehead atoms. The first kappa shape index (κ1) is 14.9. The first-order valence-electron chi connectivity index (χ1n) is 5.82. The van der Waals surface area contributed by atoms with Gasteiger partial charge in [0.05, 0.1) is 12.1 Å². The monoisotopic (exact) mass is 402 g/mol. The van der Waals surface area contributed by atoms with E-state index in [-0.39, 0.29) is 4.83 Å². The van der Waals surface area contributed by atoms with Crippen molar-refractivity contribution in [3.05, 3.63) is 63.1 Å². The Kier molecular flexibility index (Phi) is 5.31. The molecule has 0 aliphatic heterocycles. The molecule has 0 radical (unpaired) electrons. The topological polar surface area (TPSA) is 9.23 Å². The third-order valence-corrected chi connectivity index (χ3v) is 4.48. The van der Waals surface area contributed by atoms with E-state index in [9.17, 15) is 0 Å². The fraction of sp³-hybridized carbons (Fsp3) is 0.200. The molecule has 1 atom stereocenters. The molecule has 19 heavy (non-hydrogen) atoms. The predicted molar refractivity (Wildman–Crippen MR) is 87.5 cm³/mol. The van der Waals surface area contributed by atoms with Crippen LogP contribution in [0.25, 0.3) is 0 Å². The lowest BCUT2D eigenvalue weighted by Gasteiger charge is -2.12. The second kappa shape index (κ2) is 6.78. The molecule has 1 nitrogen and oxygen atoms in total. The molecule has 0 saturated heterocycles. The highest BCUT2D eigenvalue weighted by molar-refractivity contribution is 9.10. The van der Waals surface area contributed by atoms with Crippen LogP contribution in [0.2, 0.25) is 5.02 Å². The van der Waals surface area contributed by atoms with E-state index in [2.05, 4.69) is 44.0 Å². The Morgan fingerprint density at radius 1 is 1.21 bits per heavy atom. The molecule has 0 heterocycles. The maximum Gasteiger partial charge on any atom is 0.137 e. The highest BCUT2D eigenvalue weighted by Gasteiger charge is 2.11. The van der Waals surface area contributed by atoms with Crippen molar-refractivity contribution < 1.29 is 4.74 Å². The average Bonchev–Trinajstić information content (AvgIpc) is 2.38. The summed E-state index contributed by atoms with van der Waals surface area (Å²) in [6, 6.07) is 14.2. The second-order valence-electron chi connectivity index (χ2n) is 4.20. The predicted octanol–water partition coefficient (Wildman–Crippen LogP) is 5.79. The van der Waals surface area contributed by atoms with E-state index in [1.807, 2.05) is 30.3 Å². The standard InChI is InChI=1S/C15H13Br2ClO/c1-19-15-6-5-11(9-14(15)18)13(17)8-10-3-2-4-12(16)7-10/h2-7,9,13H,8H2,1H3. The van der Waals surface area contributed by atoms with Crippen LogP contribution < -0.4 is 4.74 Å². The normalized spacial score (nSPS) is 12.2. The van der Waals surface area contributed by atoms with Crippen molar-refractivity contribution in [2.45, 2.75) is 11.2 Å². The Morgan fingerprint density at radius 2 is 2.00 bits per heavy atom. The Labute approximate surface area is 135 Å². The number of benzene rings is 2. The van der Waals surface area contributed by atoms with Gasteiger partial charge in [-0.15, -0.1) is 0 Å². The molecule has 2 aromatic carbocycles. The second-order valence-corrected chi connectivity index (χ2v) is 6.62. The fourth-order valence-electron chi connectivity index (χ4n) is 1.87. The molecular formula is C15H13Br2ClO. The summed E-state index contributed by atoms with van der Waals surface area (Å²) in [5.41, 5.74) is 2.41. The van der Waals surface area contributed by atoms with Crippen LogP contribution in [0, 0.1) is 0 Å². The Bertz CT molecular complexity index is 572. The van der Waals surface area contributed by atoms with E-state index in [4.69, 9.17) is 16.3 Å². The van der Waals surface area contributed by atoms with Crippen molar-refractivity contribution in [3.63, 3.8) is 0 Å². The highest BCUT2D eigenvalue weighted by atomic mass is 79.9. The SMILES string of the molecule is COc1ccc(C(Br)Cc2cccc(Br)c2)cc1Cl. The molecular weight excluding hydrogens is 391 g/mol. The minimum absolute atomic E-state index is 0.227. The van der Waals surface area contributed by atoms with E-state index in [0.717, 1.165) is 16.5 Å². The molecule has 1 unspecified atom stereocenters. The number of rotatable bonds is 4. The molecule has 0 aromatic heterocycles. The van der Waals surface area contributed by atoms with Crippen LogP contribution in [0.15, 0.2) is 46.9 Å². The average molecular weight is 405 g/mol. The molecule has 0 amide bonds. The van der Waals surface area contributed by atoms with E-state index in [1.54, 1.807) is 7.11 Å². The molecule has 0 aliphatic carbocycles. The minimum Gasteiger partial charge on any atom is -0.495 e. The number of hydrogen-bond acceptors (Lipinski definition) is 1. The van der Waals surface area contributed by atoms with E-state index in [1.165, 1.54) is 5.56 Å². The lowest BCUT2D eigenvalue weighted by atomic mass is 10.0. The Hall–Kier alpha value is -0.510. The summed E-state index contributed by atoms with van der Waals surface area (Å²) in [4.78, 5) is 0.227. The van der Waals surface area contributed by atoms with Crippen LogP contribution in [-0.4, -0.2) is 7.11 Å². The van der Waals surface area contributed by atoms with Crippen LogP contribution in [0.1, 0.15) is 16.0 Å². The van der Waals surface area contributed by atoms with Crippen LogP contribution in [-0.2, 0) is 6.42 Å². The van der Waals surface area contributed by atoms with E-state index in [0.29, 0.717) is 10.8 Å². The van der Waals surface area contributed by atoms with Crippen LogP contribution >= 0.6 is 43.5 Å². The summed E-state index contributed by atoms with van der Waals surface area (Å²) >= 11 is 13.3. The van der Waals surface area contributed by atoms with E-state index >= 15 is 0 Å². The smallest absolute Gasteiger partial charge is 0.137 e. The van der Waals surface area contributed by atoms with Crippen molar-refractivity contribution in [1.82, 2.24) is 0 Å². The van der Waals surface area contributed by atoms with Gasteiger partial charge in [0.25, 0.3) is 0 Å². The molecule has 0 N–H and O–H groups in total. The van der Waals surface area contributed by atoms with Gasteiger partial charge in [0.1, 0.15) is 5.75 Å². The number of methoxy groups -OCH3 is 1. The fourth-order valence-corrected chi connectivity index (χ4v) is 3.24. The van der Waals surface area contributed by atoms with Crippen LogP contribution in [0.5, 0.6) is 5.75 Å². The van der Waals surface area contributed by atoms with E-state index < -0.39 is 0 Å². The summed E-state index contributed by atoms with van der Waals surface area (Å²) in [6.45, 7) is 0. The van der Waals surface area contributed by atoms with Gasteiger partial charge < -0.3 is 4.74 Å². The van der Waals surface area contributed by atoms with Gasteiger partial charge in [-0.3, -0.25) is 0 Å². The Balaban J connectivity index is 2.15. The maximum absolute atomic E-state index is 6.15. The zero-order valence-electron chi connectivity index (χ0n) is 10.4. The van der Waals surface area contributed by atoms with Gasteiger partial charge in [0.15, 0.2) is 0 Å². The van der Waals surface area contributed by atoms with Gasteiger partial charge in [-0.1, -0.05) is 61.7 Å². The Morgan fingerprint density at radius 3 is 2.63 bits per heavy atom. The van der Waals surface area contributed by atoms with Gasteiger partial charge in [0.2, 0.25) is 0 Å². The van der Waals surface area contributed by atoms with Crippen molar-refractivity contribution >= 4 is 43.5 Å². The molecule has 0 saturated carbocycles. The van der Waals surface area contributed by atoms with Gasteiger partial charge in [0, 0.05) is 9.30 Å². The van der Waals surface area contributed by atoms with Gasteiger partial charge >= 0.3 is 0 Å². The van der Waals surface area contributed by atoms with Crippen molar-refractivity contribution in [2.75, 3.05) is 7.11 Å². The molecule has 100 valence electrons. The number of alkyl halides is 1. The van der Waals surface area contributed by atoms with Crippen molar-refractivity contribution in [3.8, 4) is 5.75 Å². The lowest BCUT2D eigenvalue weighted by molar-refractivity contribution is 0.415. The first-order chi connectivity index (χ1) is 9.10. The third-order valence-electron chi connectivity index (χ3n) is 2.84. The minimum atomic E-state index is 0.227. The molecule has 2 rings (SSSR count). The molecule has 4 heteroatoms. The lowest BCUT2D eigenvalue weighted by Crippen LogP contribution is -1.96. The summed E-state index contributed by atoms with van der Waals surface area (Å²) in [5.74, 6) is 0.701. The van der Waals surface area contributed by atoms with Crippen molar-refractivity contribution in [2.24, 2.45) is 0 Å². The highest BCUT2D eigenvalue weighted by Crippen LogP contribution is 2.33. The summed E-state index contributed by atoms with van der Waals surface area (Å²) in [5, 5.41) is 0.638. The van der Waals surface area contributed by atoms with Crippen molar-refractivity contribution in [1.29, 1.82) is 0 Å². The molecule has 2 aromatic rings. The maximum atomic E-state index is 6.15. The number of ether oxygens (including phenoxy) is 1. The zero-order chi connectivity index (χ0) is 13.8. The van der Waals surface area contributed by atoms with Gasteiger partial charge in [-0.2, -0.15) is 0 Å². The third kappa shape index (κ3) is 3.98. The summed E-state index contributed by atoms with van der Waals surface area (Å²) in [7, 11) is 1.62. The molecule has 0 aliphatic rings. The molecule has 0 fully saturated rings. The first-order valence-corrected chi connectivity index (χ1v) is 7.91.